The van der Waals surface area contributed by atoms with Crippen LogP contribution in [0.15, 0.2) is 6.33 Å². The standard InChI is InChI=1S/C16H28N4O/c1-4-8-17-15-14(11(2)3)16(19-10-18-15)20-13-7-5-6-12(13)9-21/h10-13,21H,4-9H2,1-3H3,(H2,17,18,19,20). The highest BCUT2D eigenvalue weighted by Gasteiger charge is 2.28. The molecule has 2 unspecified atom stereocenters. The molecule has 0 amide bonds. The van der Waals surface area contributed by atoms with Crippen molar-refractivity contribution in [2.75, 3.05) is 23.8 Å². The lowest BCUT2D eigenvalue weighted by molar-refractivity contribution is 0.222. The lowest BCUT2D eigenvalue weighted by atomic mass is 10.0. The molecular weight excluding hydrogens is 264 g/mol. The SMILES string of the molecule is CCCNc1ncnc(NC2CCCC2CO)c1C(C)C. The first-order valence-electron chi connectivity index (χ1n) is 8.13. The van der Waals surface area contributed by atoms with Gasteiger partial charge >= 0.3 is 0 Å². The van der Waals surface area contributed by atoms with Crippen LogP contribution in [0.1, 0.15) is 57.9 Å². The second-order valence-electron chi connectivity index (χ2n) is 6.19. The number of rotatable bonds is 7. The minimum absolute atomic E-state index is 0.251. The van der Waals surface area contributed by atoms with E-state index in [2.05, 4.69) is 41.4 Å². The maximum atomic E-state index is 9.48. The summed E-state index contributed by atoms with van der Waals surface area (Å²) in [5.41, 5.74) is 1.15. The summed E-state index contributed by atoms with van der Waals surface area (Å²) in [5, 5.41) is 16.4. The number of aromatic nitrogens is 2. The van der Waals surface area contributed by atoms with E-state index >= 15 is 0 Å². The normalized spacial score (nSPS) is 21.8. The number of nitrogens with one attached hydrogen (secondary N) is 2. The summed E-state index contributed by atoms with van der Waals surface area (Å²) in [5.74, 6) is 2.54. The van der Waals surface area contributed by atoms with Gasteiger partial charge in [-0.3, -0.25) is 0 Å². The van der Waals surface area contributed by atoms with Crippen molar-refractivity contribution in [1.29, 1.82) is 0 Å². The lowest BCUT2D eigenvalue weighted by Gasteiger charge is -2.23. The van der Waals surface area contributed by atoms with E-state index in [-0.39, 0.29) is 6.61 Å². The molecule has 5 heteroatoms. The van der Waals surface area contributed by atoms with Crippen LogP contribution in [-0.4, -0.2) is 34.3 Å². The Morgan fingerprint density at radius 3 is 2.71 bits per heavy atom. The van der Waals surface area contributed by atoms with Gasteiger partial charge in [0, 0.05) is 30.7 Å². The van der Waals surface area contributed by atoms with Crippen LogP contribution in [0.5, 0.6) is 0 Å². The minimum Gasteiger partial charge on any atom is -0.396 e. The van der Waals surface area contributed by atoms with Crippen molar-refractivity contribution in [3.8, 4) is 0 Å². The molecule has 118 valence electrons. The van der Waals surface area contributed by atoms with Crippen molar-refractivity contribution >= 4 is 11.6 Å². The van der Waals surface area contributed by atoms with Gasteiger partial charge in [-0.15, -0.1) is 0 Å². The zero-order chi connectivity index (χ0) is 15.2. The Bertz CT molecular complexity index is 450. The largest absolute Gasteiger partial charge is 0.396 e. The van der Waals surface area contributed by atoms with Gasteiger partial charge in [0.2, 0.25) is 0 Å². The zero-order valence-corrected chi connectivity index (χ0v) is 13.4. The van der Waals surface area contributed by atoms with E-state index in [1.807, 2.05) is 0 Å². The van der Waals surface area contributed by atoms with E-state index in [1.54, 1.807) is 6.33 Å². The number of hydrogen-bond donors (Lipinski definition) is 3. The number of aliphatic hydroxyl groups excluding tert-OH is 1. The van der Waals surface area contributed by atoms with Crippen LogP contribution < -0.4 is 10.6 Å². The lowest BCUT2D eigenvalue weighted by Crippen LogP contribution is -2.28. The van der Waals surface area contributed by atoms with Gasteiger partial charge in [-0.05, 0) is 25.2 Å². The van der Waals surface area contributed by atoms with Crippen LogP contribution in [0.3, 0.4) is 0 Å². The second kappa shape index (κ2) is 7.59. The van der Waals surface area contributed by atoms with Crippen molar-refractivity contribution in [1.82, 2.24) is 9.97 Å². The third kappa shape index (κ3) is 3.84. The first kappa shape index (κ1) is 16.0. The Kier molecular flexibility index (Phi) is 5.79. The highest BCUT2D eigenvalue weighted by atomic mass is 16.3. The molecule has 1 fully saturated rings. The van der Waals surface area contributed by atoms with Gasteiger partial charge < -0.3 is 15.7 Å². The van der Waals surface area contributed by atoms with Crippen molar-refractivity contribution in [3.63, 3.8) is 0 Å². The predicted octanol–water partition coefficient (Wildman–Crippen LogP) is 2.99. The van der Waals surface area contributed by atoms with E-state index in [1.165, 1.54) is 6.42 Å². The fourth-order valence-corrected chi connectivity index (χ4v) is 3.06. The van der Waals surface area contributed by atoms with E-state index in [9.17, 15) is 5.11 Å². The van der Waals surface area contributed by atoms with Gasteiger partial charge in [-0.1, -0.05) is 27.2 Å². The monoisotopic (exact) mass is 292 g/mol. The van der Waals surface area contributed by atoms with Crippen molar-refractivity contribution in [2.24, 2.45) is 5.92 Å². The smallest absolute Gasteiger partial charge is 0.135 e. The number of nitrogens with zero attached hydrogens (tertiary/aromatic N) is 2. The third-order valence-electron chi connectivity index (χ3n) is 4.22. The van der Waals surface area contributed by atoms with Gasteiger partial charge in [0.25, 0.3) is 0 Å². The molecule has 21 heavy (non-hydrogen) atoms. The molecule has 0 saturated heterocycles. The van der Waals surface area contributed by atoms with E-state index < -0.39 is 0 Å². The molecule has 0 spiro atoms. The average Bonchev–Trinajstić information content (AvgIpc) is 2.92. The molecule has 0 aromatic carbocycles. The van der Waals surface area contributed by atoms with E-state index in [0.29, 0.717) is 17.9 Å². The van der Waals surface area contributed by atoms with Crippen LogP contribution in [0.4, 0.5) is 11.6 Å². The fourth-order valence-electron chi connectivity index (χ4n) is 3.06. The number of aliphatic hydroxyl groups is 1. The molecule has 2 atom stereocenters. The molecule has 1 aliphatic carbocycles. The van der Waals surface area contributed by atoms with Crippen LogP contribution >= 0.6 is 0 Å². The van der Waals surface area contributed by atoms with Crippen LogP contribution in [-0.2, 0) is 0 Å². The zero-order valence-electron chi connectivity index (χ0n) is 13.4. The van der Waals surface area contributed by atoms with Crippen LogP contribution in [0.25, 0.3) is 0 Å². The van der Waals surface area contributed by atoms with Gasteiger partial charge in [-0.2, -0.15) is 0 Å². The molecule has 3 N–H and O–H groups in total. The third-order valence-corrected chi connectivity index (χ3v) is 4.22. The van der Waals surface area contributed by atoms with Crippen molar-refractivity contribution < 1.29 is 5.11 Å². The quantitative estimate of drug-likeness (QED) is 0.720. The summed E-state index contributed by atoms with van der Waals surface area (Å²) in [6, 6.07) is 0.321. The summed E-state index contributed by atoms with van der Waals surface area (Å²) < 4.78 is 0. The Balaban J connectivity index is 2.21. The van der Waals surface area contributed by atoms with Gasteiger partial charge in [0.15, 0.2) is 0 Å². The molecule has 0 bridgehead atoms. The minimum atomic E-state index is 0.251. The van der Waals surface area contributed by atoms with E-state index in [0.717, 1.165) is 43.0 Å². The molecule has 0 aliphatic heterocycles. The maximum Gasteiger partial charge on any atom is 0.135 e. The van der Waals surface area contributed by atoms with Gasteiger partial charge in [0.05, 0.1) is 0 Å². The van der Waals surface area contributed by atoms with Crippen LogP contribution in [0, 0.1) is 5.92 Å². The van der Waals surface area contributed by atoms with Gasteiger partial charge in [0.1, 0.15) is 18.0 Å². The summed E-state index contributed by atoms with van der Waals surface area (Å²) in [6.07, 6.45) is 6.06. The Hall–Kier alpha value is -1.36. The predicted molar refractivity (Wildman–Crippen MR) is 86.7 cm³/mol. The Labute approximate surface area is 127 Å². The highest BCUT2D eigenvalue weighted by molar-refractivity contribution is 5.59. The molecule has 1 aliphatic rings. The molecule has 1 heterocycles. The molecule has 1 aromatic heterocycles. The first-order valence-corrected chi connectivity index (χ1v) is 8.13. The molecule has 2 rings (SSSR count). The molecule has 5 nitrogen and oxygen atoms in total. The summed E-state index contributed by atoms with van der Waals surface area (Å²) in [7, 11) is 0. The molecular formula is C16H28N4O. The topological polar surface area (TPSA) is 70.1 Å². The number of anilines is 2. The summed E-state index contributed by atoms with van der Waals surface area (Å²) >= 11 is 0. The van der Waals surface area contributed by atoms with Crippen molar-refractivity contribution in [2.45, 2.75) is 58.4 Å². The first-order chi connectivity index (χ1) is 10.2. The fraction of sp³-hybridized carbons (Fsp3) is 0.750. The van der Waals surface area contributed by atoms with Crippen molar-refractivity contribution in [3.05, 3.63) is 11.9 Å². The Morgan fingerprint density at radius 1 is 1.29 bits per heavy atom. The van der Waals surface area contributed by atoms with E-state index in [4.69, 9.17) is 0 Å². The maximum absolute atomic E-state index is 9.48. The summed E-state index contributed by atoms with van der Waals surface area (Å²) in [4.78, 5) is 8.86. The average molecular weight is 292 g/mol. The van der Waals surface area contributed by atoms with Gasteiger partial charge in [-0.25, -0.2) is 9.97 Å². The Morgan fingerprint density at radius 2 is 2.05 bits per heavy atom. The highest BCUT2D eigenvalue weighted by Crippen LogP contribution is 2.33. The second-order valence-corrected chi connectivity index (χ2v) is 6.19. The number of hydrogen-bond acceptors (Lipinski definition) is 5. The summed E-state index contributed by atoms with van der Waals surface area (Å²) in [6.45, 7) is 7.64. The molecule has 0 radical (unpaired) electrons. The van der Waals surface area contributed by atoms with Crippen LogP contribution in [0.2, 0.25) is 0 Å². The molecule has 1 saturated carbocycles. The molecule has 1 aromatic rings.